The summed E-state index contributed by atoms with van der Waals surface area (Å²) in [4.78, 5) is 2.44. The molecule has 0 saturated carbocycles. The van der Waals surface area contributed by atoms with Crippen molar-refractivity contribution in [2.24, 2.45) is 0 Å². The van der Waals surface area contributed by atoms with Crippen LogP contribution in [0.4, 0.5) is 17.1 Å². The van der Waals surface area contributed by atoms with E-state index in [2.05, 4.69) is 260 Å². The van der Waals surface area contributed by atoms with Crippen molar-refractivity contribution in [3.63, 3.8) is 0 Å². The second-order valence-corrected chi connectivity index (χ2v) is 17.6. The lowest BCUT2D eigenvalue weighted by Gasteiger charge is -2.35. The van der Waals surface area contributed by atoms with E-state index in [1.807, 2.05) is 6.26 Å². The van der Waals surface area contributed by atoms with Gasteiger partial charge in [0.05, 0.1) is 22.8 Å². The summed E-state index contributed by atoms with van der Waals surface area (Å²) in [6, 6.07) is 93.7. The molecule has 2 nitrogen and oxygen atoms in total. The van der Waals surface area contributed by atoms with Crippen LogP contribution in [0.1, 0.15) is 44.5 Å². The van der Waals surface area contributed by atoms with E-state index in [0.29, 0.717) is 0 Å². The van der Waals surface area contributed by atoms with E-state index in [1.54, 1.807) is 0 Å². The topological polar surface area (TPSA) is 16.4 Å². The standard InChI is InChI=1S/C64H43NO/c1-6-20-44(21-7-1)46-40-45-38-39-66-62(45)61(41-46)65(51-35-37-59-56(42-51)54-31-17-19-33-58(54)63(59,47-22-8-2-9-23-47)48-24-10-3-11-25-48)52-34-36-55-53-30-16-18-32-57(53)64(60(55)43-52,49-26-12-4-13-27-49)50-28-14-5-15-29-50/h1-43H. The first-order chi connectivity index (χ1) is 32.7. The fraction of sp³-hybridized carbons (Fsp3) is 0.0312. The molecule has 13 rings (SSSR count). The van der Waals surface area contributed by atoms with Gasteiger partial charge in [0.25, 0.3) is 0 Å². The molecule has 0 fully saturated rings. The normalized spacial score (nSPS) is 13.7. The maximum Gasteiger partial charge on any atom is 0.157 e. The predicted octanol–water partition coefficient (Wildman–Crippen LogP) is 16.3. The smallest absolute Gasteiger partial charge is 0.157 e. The van der Waals surface area contributed by atoms with Gasteiger partial charge in [-0.15, -0.1) is 0 Å². The third kappa shape index (κ3) is 5.49. The van der Waals surface area contributed by atoms with Gasteiger partial charge in [-0.05, 0) is 120 Å². The number of fused-ring (bicyclic) bond motifs is 7. The summed E-state index contributed by atoms with van der Waals surface area (Å²) < 4.78 is 6.54. The summed E-state index contributed by atoms with van der Waals surface area (Å²) in [5.41, 5.74) is 20.1. The molecule has 0 unspecified atom stereocenters. The van der Waals surface area contributed by atoms with Crippen molar-refractivity contribution in [1.82, 2.24) is 0 Å². The number of hydrogen-bond donors (Lipinski definition) is 0. The maximum atomic E-state index is 6.54. The first-order valence-electron chi connectivity index (χ1n) is 22.8. The number of furan rings is 1. The average Bonchev–Trinajstić information content (AvgIpc) is 4.08. The van der Waals surface area contributed by atoms with Crippen LogP contribution in [0, 0.1) is 0 Å². The van der Waals surface area contributed by atoms with E-state index in [0.717, 1.165) is 39.2 Å². The van der Waals surface area contributed by atoms with Crippen LogP contribution < -0.4 is 4.90 Å². The summed E-state index contributed by atoms with van der Waals surface area (Å²) in [6.07, 6.45) is 1.82. The molecule has 310 valence electrons. The molecule has 0 N–H and O–H groups in total. The van der Waals surface area contributed by atoms with Crippen molar-refractivity contribution in [1.29, 1.82) is 0 Å². The second-order valence-electron chi connectivity index (χ2n) is 17.6. The molecule has 11 aromatic rings. The summed E-state index contributed by atoms with van der Waals surface area (Å²) in [7, 11) is 0. The largest absolute Gasteiger partial charge is 0.462 e. The van der Waals surface area contributed by atoms with Gasteiger partial charge >= 0.3 is 0 Å². The Hall–Kier alpha value is -8.46. The van der Waals surface area contributed by atoms with E-state index in [4.69, 9.17) is 4.42 Å². The van der Waals surface area contributed by atoms with Crippen LogP contribution in [0.3, 0.4) is 0 Å². The van der Waals surface area contributed by atoms with Crippen LogP contribution in [0.15, 0.2) is 265 Å². The van der Waals surface area contributed by atoms with Gasteiger partial charge in [-0.1, -0.05) is 212 Å². The quantitative estimate of drug-likeness (QED) is 0.152. The zero-order valence-electron chi connectivity index (χ0n) is 36.2. The molecule has 2 aliphatic rings. The van der Waals surface area contributed by atoms with Gasteiger partial charge in [-0.3, -0.25) is 0 Å². The van der Waals surface area contributed by atoms with Gasteiger partial charge in [0, 0.05) is 16.8 Å². The van der Waals surface area contributed by atoms with E-state index < -0.39 is 10.8 Å². The highest BCUT2D eigenvalue weighted by Crippen LogP contribution is 2.60. The Morgan fingerprint density at radius 1 is 0.303 bits per heavy atom. The Morgan fingerprint density at radius 3 is 1.32 bits per heavy atom. The van der Waals surface area contributed by atoms with Gasteiger partial charge in [0.1, 0.15) is 0 Å². The molecule has 0 radical (unpaired) electrons. The Morgan fingerprint density at radius 2 is 0.742 bits per heavy atom. The lowest BCUT2D eigenvalue weighted by Crippen LogP contribution is -2.29. The van der Waals surface area contributed by atoms with Gasteiger partial charge in [0.2, 0.25) is 0 Å². The van der Waals surface area contributed by atoms with Gasteiger partial charge < -0.3 is 9.32 Å². The molecule has 1 aromatic heterocycles. The number of anilines is 3. The number of rotatable bonds is 8. The van der Waals surface area contributed by atoms with Crippen LogP contribution in [0.25, 0.3) is 44.3 Å². The third-order valence-electron chi connectivity index (χ3n) is 14.3. The molecule has 2 aliphatic carbocycles. The minimum Gasteiger partial charge on any atom is -0.462 e. The van der Waals surface area contributed by atoms with Crippen LogP contribution >= 0.6 is 0 Å². The zero-order chi connectivity index (χ0) is 43.7. The highest BCUT2D eigenvalue weighted by atomic mass is 16.3. The van der Waals surface area contributed by atoms with E-state index >= 15 is 0 Å². The van der Waals surface area contributed by atoms with Crippen molar-refractivity contribution >= 4 is 28.0 Å². The summed E-state index contributed by atoms with van der Waals surface area (Å²) in [5, 5.41) is 1.05. The molecule has 0 atom stereocenters. The molecule has 0 amide bonds. The molecule has 2 heteroatoms. The Kier molecular flexibility index (Phi) is 8.69. The molecule has 1 heterocycles. The molecule has 0 saturated heterocycles. The fourth-order valence-electron chi connectivity index (χ4n) is 11.6. The molecule has 0 bridgehead atoms. The van der Waals surface area contributed by atoms with Crippen molar-refractivity contribution in [3.8, 4) is 33.4 Å². The Labute approximate surface area is 385 Å². The second kappa shape index (κ2) is 15.1. The van der Waals surface area contributed by atoms with E-state index in [1.165, 1.54) is 66.8 Å². The number of benzene rings is 10. The van der Waals surface area contributed by atoms with Crippen LogP contribution in [0.2, 0.25) is 0 Å². The summed E-state index contributed by atoms with van der Waals surface area (Å²) in [6.45, 7) is 0. The SMILES string of the molecule is c1ccc(-c2cc(N(c3ccc4c(c3)-c3ccccc3C4(c3ccccc3)c3ccccc3)c3ccc4c(c3)C(c3ccccc3)(c3ccccc3)c3ccccc3-4)c3occc3c2)cc1. The average molecular weight is 842 g/mol. The lowest BCUT2D eigenvalue weighted by molar-refractivity contribution is 0.616. The Balaban J connectivity index is 1.11. The first kappa shape index (κ1) is 38.0. The van der Waals surface area contributed by atoms with Gasteiger partial charge in [0.15, 0.2) is 5.58 Å². The molecule has 10 aromatic carbocycles. The lowest BCUT2D eigenvalue weighted by atomic mass is 9.67. The first-order valence-corrected chi connectivity index (χ1v) is 22.8. The predicted molar refractivity (Wildman–Crippen MR) is 271 cm³/mol. The fourth-order valence-corrected chi connectivity index (χ4v) is 11.6. The minimum atomic E-state index is -0.566. The monoisotopic (exact) mass is 841 g/mol. The zero-order valence-corrected chi connectivity index (χ0v) is 36.2. The maximum absolute atomic E-state index is 6.54. The molecule has 0 spiro atoms. The van der Waals surface area contributed by atoms with Crippen molar-refractivity contribution in [2.75, 3.05) is 4.90 Å². The van der Waals surface area contributed by atoms with Gasteiger partial charge in [-0.25, -0.2) is 0 Å². The number of nitrogens with zero attached hydrogens (tertiary/aromatic N) is 1. The number of hydrogen-bond acceptors (Lipinski definition) is 2. The van der Waals surface area contributed by atoms with Crippen molar-refractivity contribution in [3.05, 3.63) is 306 Å². The molecule has 0 aliphatic heterocycles. The van der Waals surface area contributed by atoms with Crippen LogP contribution in [0.5, 0.6) is 0 Å². The Bertz CT molecular complexity index is 3500. The molecule has 66 heavy (non-hydrogen) atoms. The van der Waals surface area contributed by atoms with Crippen molar-refractivity contribution < 1.29 is 4.42 Å². The van der Waals surface area contributed by atoms with Crippen LogP contribution in [-0.2, 0) is 10.8 Å². The summed E-state index contributed by atoms with van der Waals surface area (Å²) >= 11 is 0. The van der Waals surface area contributed by atoms with Crippen molar-refractivity contribution in [2.45, 2.75) is 10.8 Å². The van der Waals surface area contributed by atoms with Crippen LogP contribution in [-0.4, -0.2) is 0 Å². The molecular formula is C64H43NO. The van der Waals surface area contributed by atoms with E-state index in [9.17, 15) is 0 Å². The van der Waals surface area contributed by atoms with Gasteiger partial charge in [-0.2, -0.15) is 0 Å². The highest BCUT2D eigenvalue weighted by Gasteiger charge is 2.48. The third-order valence-corrected chi connectivity index (χ3v) is 14.3. The minimum absolute atomic E-state index is 0.510. The molecular weight excluding hydrogens is 799 g/mol. The summed E-state index contributed by atoms with van der Waals surface area (Å²) in [5.74, 6) is 0. The van der Waals surface area contributed by atoms with E-state index in [-0.39, 0.29) is 0 Å². The highest BCUT2D eigenvalue weighted by molar-refractivity contribution is 6.01.